The Hall–Kier alpha value is -0.350. The molecule has 1 saturated carbocycles. The summed E-state index contributed by atoms with van der Waals surface area (Å²) in [6, 6.07) is 1.56. The lowest BCUT2D eigenvalue weighted by Gasteiger charge is -2.32. The Kier molecular flexibility index (Phi) is 4.84. The van der Waals surface area contributed by atoms with Crippen molar-refractivity contribution in [2.24, 2.45) is 11.7 Å². The summed E-state index contributed by atoms with van der Waals surface area (Å²) in [7, 11) is 0. The quantitative estimate of drug-likeness (QED) is 0.603. The zero-order valence-corrected chi connectivity index (χ0v) is 12.7. The minimum atomic E-state index is -0.400. The van der Waals surface area contributed by atoms with Crippen molar-refractivity contribution in [1.82, 2.24) is 4.90 Å². The Morgan fingerprint density at radius 3 is 2.61 bits per heavy atom. The highest BCUT2D eigenvalue weighted by atomic mass is 127. The lowest BCUT2D eigenvalue weighted by molar-refractivity contribution is -0.134. The van der Waals surface area contributed by atoms with Gasteiger partial charge in [-0.2, -0.15) is 5.26 Å². The molecule has 2 N–H and O–H groups in total. The first-order chi connectivity index (χ1) is 8.63. The minimum Gasteiger partial charge on any atom is -0.325 e. The van der Waals surface area contributed by atoms with Gasteiger partial charge >= 0.3 is 0 Å². The number of nitriles is 1. The largest absolute Gasteiger partial charge is 0.325 e. The van der Waals surface area contributed by atoms with Crippen LogP contribution in [0.5, 0.6) is 0 Å². The number of rotatable bonds is 2. The maximum atomic E-state index is 12.3. The van der Waals surface area contributed by atoms with Crippen LogP contribution in [0.2, 0.25) is 0 Å². The molecule has 0 radical (unpaired) electrons. The van der Waals surface area contributed by atoms with E-state index < -0.39 is 6.04 Å². The zero-order valence-electron chi connectivity index (χ0n) is 10.5. The van der Waals surface area contributed by atoms with Crippen LogP contribution in [0.4, 0.5) is 0 Å². The molecule has 1 aliphatic carbocycles. The maximum absolute atomic E-state index is 12.3. The number of amides is 1. The van der Waals surface area contributed by atoms with Crippen LogP contribution in [-0.4, -0.2) is 33.4 Å². The highest BCUT2D eigenvalue weighted by molar-refractivity contribution is 14.1. The molecule has 0 unspecified atom stereocenters. The van der Waals surface area contributed by atoms with Gasteiger partial charge in [-0.3, -0.25) is 4.79 Å². The number of nitrogens with two attached hydrogens (primary N) is 1. The van der Waals surface area contributed by atoms with Crippen molar-refractivity contribution in [3.63, 3.8) is 0 Å². The van der Waals surface area contributed by atoms with Crippen LogP contribution >= 0.6 is 22.6 Å². The van der Waals surface area contributed by atoms with Crippen LogP contribution in [0.1, 0.15) is 38.5 Å². The Morgan fingerprint density at radius 2 is 2.00 bits per heavy atom. The van der Waals surface area contributed by atoms with E-state index in [4.69, 9.17) is 11.0 Å². The van der Waals surface area contributed by atoms with Crippen molar-refractivity contribution in [2.45, 2.75) is 54.5 Å². The molecule has 0 spiro atoms. The molecule has 1 heterocycles. The fraction of sp³-hybridized carbons (Fsp3) is 0.846. The van der Waals surface area contributed by atoms with Crippen LogP contribution in [0, 0.1) is 17.2 Å². The third-order valence-electron chi connectivity index (χ3n) is 4.18. The Bertz CT molecular complexity index is 347. The van der Waals surface area contributed by atoms with E-state index in [1.807, 2.05) is 0 Å². The topological polar surface area (TPSA) is 70.1 Å². The first kappa shape index (κ1) is 14.1. The van der Waals surface area contributed by atoms with E-state index in [2.05, 4.69) is 28.7 Å². The molecule has 1 amide bonds. The van der Waals surface area contributed by atoms with E-state index in [1.165, 1.54) is 0 Å². The molecule has 100 valence electrons. The number of halogens is 1. The molecule has 2 fully saturated rings. The van der Waals surface area contributed by atoms with Gasteiger partial charge in [0.05, 0.1) is 12.1 Å². The molecule has 2 aliphatic rings. The molecule has 5 heteroatoms. The van der Waals surface area contributed by atoms with E-state index in [-0.39, 0.29) is 11.9 Å². The van der Waals surface area contributed by atoms with Gasteiger partial charge in [0.1, 0.15) is 6.04 Å². The molecule has 4 nitrogen and oxygen atoms in total. The molecule has 0 aromatic carbocycles. The van der Waals surface area contributed by atoms with E-state index >= 15 is 0 Å². The van der Waals surface area contributed by atoms with Crippen LogP contribution in [0.3, 0.4) is 0 Å². The normalized spacial score (nSPS) is 34.1. The second-order valence-electron chi connectivity index (χ2n) is 5.36. The average Bonchev–Trinajstić information content (AvgIpc) is 2.86. The van der Waals surface area contributed by atoms with Gasteiger partial charge in [0, 0.05) is 10.5 Å². The first-order valence-corrected chi connectivity index (χ1v) is 7.97. The smallest absolute Gasteiger partial charge is 0.240 e. The van der Waals surface area contributed by atoms with Crippen LogP contribution < -0.4 is 5.73 Å². The number of alkyl halides is 1. The lowest BCUT2D eigenvalue weighted by atomic mass is 9.83. The van der Waals surface area contributed by atoms with Crippen molar-refractivity contribution in [3.05, 3.63) is 0 Å². The second-order valence-corrected chi connectivity index (χ2v) is 7.12. The Balaban J connectivity index is 1.94. The fourth-order valence-corrected chi connectivity index (χ4v) is 3.71. The summed E-state index contributed by atoms with van der Waals surface area (Å²) in [5.41, 5.74) is 6.13. The van der Waals surface area contributed by atoms with Crippen LogP contribution in [0.15, 0.2) is 0 Å². The monoisotopic (exact) mass is 361 g/mol. The van der Waals surface area contributed by atoms with Crippen molar-refractivity contribution in [3.8, 4) is 6.07 Å². The van der Waals surface area contributed by atoms with Crippen LogP contribution in [-0.2, 0) is 4.79 Å². The number of carbonyl (C=O) groups is 1. The second kappa shape index (κ2) is 6.20. The molecule has 1 aliphatic heterocycles. The van der Waals surface area contributed by atoms with Gasteiger partial charge in [-0.15, -0.1) is 0 Å². The van der Waals surface area contributed by atoms with Crippen molar-refractivity contribution in [1.29, 1.82) is 5.26 Å². The number of hydrogen-bond donors (Lipinski definition) is 1. The van der Waals surface area contributed by atoms with Gasteiger partial charge in [0.2, 0.25) is 5.91 Å². The summed E-state index contributed by atoms with van der Waals surface area (Å²) >= 11 is 2.48. The average molecular weight is 361 g/mol. The Morgan fingerprint density at radius 1 is 1.33 bits per heavy atom. The predicted molar refractivity (Wildman–Crippen MR) is 78.1 cm³/mol. The van der Waals surface area contributed by atoms with Gasteiger partial charge in [0.25, 0.3) is 0 Å². The summed E-state index contributed by atoms with van der Waals surface area (Å²) in [6.07, 6.45) is 6.14. The molecule has 2 rings (SSSR count). The molecule has 2 atom stereocenters. The molecule has 0 bridgehead atoms. The van der Waals surface area contributed by atoms with Gasteiger partial charge in [-0.05, 0) is 44.4 Å². The summed E-state index contributed by atoms with van der Waals surface area (Å²) in [5.74, 6) is 0.305. The third kappa shape index (κ3) is 2.97. The number of likely N-dealkylation sites (tertiary alicyclic amines) is 1. The third-order valence-corrected chi connectivity index (χ3v) is 5.42. The molecule has 1 saturated heterocycles. The summed E-state index contributed by atoms with van der Waals surface area (Å²) in [5, 5.41) is 9.03. The molecular formula is C13H20IN3O. The zero-order chi connectivity index (χ0) is 13.1. The van der Waals surface area contributed by atoms with Crippen molar-refractivity contribution in [2.75, 3.05) is 6.54 Å². The van der Waals surface area contributed by atoms with Gasteiger partial charge in [-0.1, -0.05) is 22.6 Å². The summed E-state index contributed by atoms with van der Waals surface area (Å²) in [4.78, 5) is 14.0. The lowest BCUT2D eigenvalue weighted by Crippen LogP contribution is -2.49. The van der Waals surface area contributed by atoms with Crippen LogP contribution in [0.25, 0.3) is 0 Å². The van der Waals surface area contributed by atoms with Gasteiger partial charge in [0.15, 0.2) is 0 Å². The van der Waals surface area contributed by atoms with E-state index in [0.29, 0.717) is 12.5 Å². The van der Waals surface area contributed by atoms with Gasteiger partial charge < -0.3 is 10.6 Å². The van der Waals surface area contributed by atoms with E-state index in [0.717, 1.165) is 42.4 Å². The molecule has 0 aromatic rings. The first-order valence-electron chi connectivity index (χ1n) is 6.73. The van der Waals surface area contributed by atoms with Crippen molar-refractivity contribution < 1.29 is 4.79 Å². The molecular weight excluding hydrogens is 341 g/mol. The van der Waals surface area contributed by atoms with E-state index in [1.54, 1.807) is 4.90 Å². The number of hydrogen-bond acceptors (Lipinski definition) is 3. The maximum Gasteiger partial charge on any atom is 0.240 e. The highest BCUT2D eigenvalue weighted by Crippen LogP contribution is 2.31. The molecule has 18 heavy (non-hydrogen) atoms. The van der Waals surface area contributed by atoms with E-state index in [9.17, 15) is 4.79 Å². The highest BCUT2D eigenvalue weighted by Gasteiger charge is 2.36. The SMILES string of the molecule is N#C[C@@H]1CCCN1C(=O)[C@@H](N)C1CCC(I)CC1. The minimum absolute atomic E-state index is 0.00374. The Labute approximate surface area is 122 Å². The summed E-state index contributed by atoms with van der Waals surface area (Å²) < 4.78 is 0.736. The van der Waals surface area contributed by atoms with Gasteiger partial charge in [-0.25, -0.2) is 0 Å². The predicted octanol–water partition coefficient (Wildman–Crippen LogP) is 1.82. The molecule has 0 aromatic heterocycles. The number of carbonyl (C=O) groups excluding carboxylic acids is 1. The standard InChI is InChI=1S/C13H20IN3O/c14-10-5-3-9(4-6-10)12(16)13(18)17-7-1-2-11(17)8-15/h9-12H,1-7,16H2/t9?,10?,11-,12-/m0/s1. The fourth-order valence-electron chi connectivity index (χ4n) is 3.00. The van der Waals surface area contributed by atoms with Crippen molar-refractivity contribution >= 4 is 28.5 Å². The summed E-state index contributed by atoms with van der Waals surface area (Å²) in [6.45, 7) is 0.701. The number of nitrogens with zero attached hydrogens (tertiary/aromatic N) is 2.